The van der Waals surface area contributed by atoms with Crippen molar-refractivity contribution in [2.24, 2.45) is 5.10 Å². The molecule has 4 rings (SSSR count). The summed E-state index contributed by atoms with van der Waals surface area (Å²) in [6, 6.07) is 12.4. The Balaban J connectivity index is 1.89. The Bertz CT molecular complexity index is 877. The molecule has 0 spiro atoms. The maximum Gasteiger partial charge on any atom is 0.276 e. The molecule has 3 N–H and O–H groups in total. The fourth-order valence-electron chi connectivity index (χ4n) is 3.69. The SMILES string of the molecule is CN1CCc2c(-c3ccccc3)cc3c(c2C1)NC(=O)C3=NNCCO. The number of hydrogen-bond donors (Lipinski definition) is 3. The van der Waals surface area contributed by atoms with Crippen LogP contribution in [0.2, 0.25) is 0 Å². The molecule has 0 fully saturated rings. The lowest BCUT2D eigenvalue weighted by molar-refractivity contribution is -0.110. The van der Waals surface area contributed by atoms with Gasteiger partial charge >= 0.3 is 0 Å². The summed E-state index contributed by atoms with van der Waals surface area (Å²) in [7, 11) is 2.10. The van der Waals surface area contributed by atoms with E-state index >= 15 is 0 Å². The van der Waals surface area contributed by atoms with E-state index in [1.54, 1.807) is 0 Å². The van der Waals surface area contributed by atoms with Gasteiger partial charge in [0.25, 0.3) is 5.91 Å². The highest BCUT2D eigenvalue weighted by molar-refractivity contribution is 6.54. The summed E-state index contributed by atoms with van der Waals surface area (Å²) < 4.78 is 0. The zero-order valence-corrected chi connectivity index (χ0v) is 14.7. The molecule has 0 saturated heterocycles. The fraction of sp³-hybridized carbons (Fsp3) is 0.300. The average molecular weight is 350 g/mol. The normalized spacial score (nSPS) is 17.8. The molecule has 2 aromatic carbocycles. The van der Waals surface area contributed by atoms with E-state index in [2.05, 4.69) is 46.0 Å². The Hall–Kier alpha value is -2.70. The smallest absolute Gasteiger partial charge is 0.276 e. The van der Waals surface area contributed by atoms with Crippen molar-refractivity contribution in [3.8, 4) is 11.1 Å². The Labute approximate surface area is 152 Å². The molecular weight excluding hydrogens is 328 g/mol. The molecule has 0 bridgehead atoms. The summed E-state index contributed by atoms with van der Waals surface area (Å²) in [6.07, 6.45) is 0.953. The van der Waals surface area contributed by atoms with Gasteiger partial charge in [0.2, 0.25) is 0 Å². The third kappa shape index (κ3) is 2.87. The summed E-state index contributed by atoms with van der Waals surface area (Å²) in [5.74, 6) is -0.203. The summed E-state index contributed by atoms with van der Waals surface area (Å²) in [5, 5.41) is 16.2. The van der Waals surface area contributed by atoms with Gasteiger partial charge in [0, 0.05) is 18.7 Å². The van der Waals surface area contributed by atoms with E-state index in [0.29, 0.717) is 12.3 Å². The highest BCUT2D eigenvalue weighted by Gasteiger charge is 2.33. The lowest BCUT2D eigenvalue weighted by atomic mass is 9.87. The zero-order chi connectivity index (χ0) is 18.1. The van der Waals surface area contributed by atoms with Crippen LogP contribution in [0.25, 0.3) is 11.1 Å². The van der Waals surface area contributed by atoms with E-state index in [1.807, 2.05) is 18.2 Å². The van der Waals surface area contributed by atoms with Gasteiger partial charge in [-0.15, -0.1) is 0 Å². The number of fused-ring (bicyclic) bond motifs is 3. The van der Waals surface area contributed by atoms with Crippen LogP contribution in [0.1, 0.15) is 16.7 Å². The van der Waals surface area contributed by atoms with Gasteiger partial charge in [0.15, 0.2) is 5.71 Å². The third-order valence-electron chi connectivity index (χ3n) is 4.93. The number of amides is 1. The van der Waals surface area contributed by atoms with Gasteiger partial charge in [-0.25, -0.2) is 0 Å². The Morgan fingerprint density at radius 2 is 2.04 bits per heavy atom. The predicted octanol–water partition coefficient (Wildman–Crippen LogP) is 1.58. The molecule has 134 valence electrons. The van der Waals surface area contributed by atoms with Gasteiger partial charge in [0.1, 0.15) is 0 Å². The second-order valence-corrected chi connectivity index (χ2v) is 6.70. The van der Waals surface area contributed by atoms with E-state index in [1.165, 1.54) is 16.7 Å². The second kappa shape index (κ2) is 6.90. The first-order chi connectivity index (χ1) is 12.7. The standard InChI is InChI=1S/C20H22N4O2/c1-24-9-7-14-15(13-5-3-2-4-6-13)11-16-18(17(14)12-24)22-20(26)19(16)23-21-8-10-25/h2-6,11,21,25H,7-10,12H2,1H3,(H,22,23,26). The first-order valence-electron chi connectivity index (χ1n) is 8.85. The van der Waals surface area contributed by atoms with E-state index in [-0.39, 0.29) is 12.5 Å². The Morgan fingerprint density at radius 3 is 2.81 bits per heavy atom. The third-order valence-corrected chi connectivity index (χ3v) is 4.93. The first-order valence-corrected chi connectivity index (χ1v) is 8.85. The van der Waals surface area contributed by atoms with Gasteiger partial charge in [-0.2, -0.15) is 5.10 Å². The molecule has 2 aliphatic heterocycles. The highest BCUT2D eigenvalue weighted by atomic mass is 16.3. The molecule has 0 aromatic heterocycles. The van der Waals surface area contributed by atoms with Gasteiger partial charge in [-0.05, 0) is 41.8 Å². The van der Waals surface area contributed by atoms with Crippen LogP contribution >= 0.6 is 0 Å². The number of rotatable bonds is 4. The summed E-state index contributed by atoms with van der Waals surface area (Å²) >= 11 is 0. The molecule has 26 heavy (non-hydrogen) atoms. The largest absolute Gasteiger partial charge is 0.394 e. The molecule has 0 unspecified atom stereocenters. The summed E-state index contributed by atoms with van der Waals surface area (Å²) in [6.45, 7) is 2.08. The molecule has 6 nitrogen and oxygen atoms in total. The van der Waals surface area contributed by atoms with Crippen LogP contribution in [-0.4, -0.2) is 48.4 Å². The molecular formula is C20H22N4O2. The van der Waals surface area contributed by atoms with Crippen molar-refractivity contribution in [2.45, 2.75) is 13.0 Å². The predicted molar refractivity (Wildman–Crippen MR) is 102 cm³/mol. The van der Waals surface area contributed by atoms with Crippen molar-refractivity contribution in [2.75, 3.05) is 32.1 Å². The lowest BCUT2D eigenvalue weighted by Gasteiger charge is -2.29. The van der Waals surface area contributed by atoms with Gasteiger partial charge < -0.3 is 20.7 Å². The molecule has 0 saturated carbocycles. The van der Waals surface area contributed by atoms with Crippen molar-refractivity contribution in [3.05, 3.63) is 53.1 Å². The van der Waals surface area contributed by atoms with Crippen LogP contribution in [0.3, 0.4) is 0 Å². The number of likely N-dealkylation sites (N-methyl/N-ethyl adjacent to an activating group) is 1. The minimum Gasteiger partial charge on any atom is -0.394 e. The van der Waals surface area contributed by atoms with Crippen molar-refractivity contribution in [1.82, 2.24) is 10.3 Å². The van der Waals surface area contributed by atoms with Gasteiger partial charge in [0.05, 0.1) is 18.8 Å². The Morgan fingerprint density at radius 1 is 1.23 bits per heavy atom. The molecule has 2 aromatic rings. The van der Waals surface area contributed by atoms with Crippen LogP contribution < -0.4 is 10.7 Å². The number of nitrogens with one attached hydrogen (secondary N) is 2. The van der Waals surface area contributed by atoms with Crippen LogP contribution in [-0.2, 0) is 17.8 Å². The molecule has 0 atom stereocenters. The van der Waals surface area contributed by atoms with E-state index in [9.17, 15) is 4.79 Å². The van der Waals surface area contributed by atoms with Crippen LogP contribution in [0, 0.1) is 0 Å². The molecule has 0 aliphatic carbocycles. The van der Waals surface area contributed by atoms with Crippen LogP contribution in [0.5, 0.6) is 0 Å². The van der Waals surface area contributed by atoms with E-state index in [0.717, 1.165) is 36.3 Å². The summed E-state index contributed by atoms with van der Waals surface area (Å²) in [4.78, 5) is 14.7. The summed E-state index contributed by atoms with van der Waals surface area (Å²) in [5.41, 5.74) is 9.64. The zero-order valence-electron chi connectivity index (χ0n) is 14.7. The van der Waals surface area contributed by atoms with Gasteiger partial charge in [-0.1, -0.05) is 30.3 Å². The number of anilines is 1. The quantitative estimate of drug-likeness (QED) is 0.578. The average Bonchev–Trinajstić information content (AvgIpc) is 2.98. The van der Waals surface area contributed by atoms with Crippen molar-refractivity contribution in [1.29, 1.82) is 0 Å². The molecule has 2 heterocycles. The first kappa shape index (κ1) is 16.8. The van der Waals surface area contributed by atoms with Crippen molar-refractivity contribution >= 4 is 17.3 Å². The topological polar surface area (TPSA) is 77.0 Å². The van der Waals surface area contributed by atoms with Crippen LogP contribution in [0.15, 0.2) is 41.5 Å². The van der Waals surface area contributed by atoms with E-state index in [4.69, 9.17) is 5.11 Å². The Kier molecular flexibility index (Phi) is 4.44. The lowest BCUT2D eigenvalue weighted by Crippen LogP contribution is -2.27. The number of nitrogens with zero attached hydrogens (tertiary/aromatic N) is 2. The number of carbonyl (C=O) groups excluding carboxylic acids is 1. The molecule has 2 aliphatic rings. The van der Waals surface area contributed by atoms with Crippen molar-refractivity contribution < 1.29 is 9.90 Å². The van der Waals surface area contributed by atoms with Gasteiger partial charge in [-0.3, -0.25) is 4.79 Å². The minimum atomic E-state index is -0.203. The minimum absolute atomic E-state index is 0.0322. The number of aliphatic hydroxyl groups excluding tert-OH is 1. The molecule has 6 heteroatoms. The molecule has 1 amide bonds. The number of benzene rings is 2. The number of carbonyl (C=O) groups is 1. The highest BCUT2D eigenvalue weighted by Crippen LogP contribution is 2.39. The molecule has 0 radical (unpaired) electrons. The fourth-order valence-corrected chi connectivity index (χ4v) is 3.69. The number of hydrogen-bond acceptors (Lipinski definition) is 5. The number of hydrazone groups is 1. The maximum absolute atomic E-state index is 12.5. The van der Waals surface area contributed by atoms with Crippen LogP contribution in [0.4, 0.5) is 5.69 Å². The van der Waals surface area contributed by atoms with E-state index < -0.39 is 0 Å². The maximum atomic E-state index is 12.5. The second-order valence-electron chi connectivity index (χ2n) is 6.70. The van der Waals surface area contributed by atoms with Crippen molar-refractivity contribution in [3.63, 3.8) is 0 Å². The monoisotopic (exact) mass is 350 g/mol. The number of aliphatic hydroxyl groups is 1.